The van der Waals surface area contributed by atoms with Crippen molar-refractivity contribution in [1.29, 1.82) is 0 Å². The molecule has 488 valence electrons. The first-order valence-electron chi connectivity index (χ1n) is 37.4. The van der Waals surface area contributed by atoms with Crippen molar-refractivity contribution in [1.82, 2.24) is 0 Å². The van der Waals surface area contributed by atoms with Gasteiger partial charge in [0, 0.05) is 0 Å². The molecule has 0 saturated carbocycles. The number of hydrogen-bond donors (Lipinski definition) is 0. The summed E-state index contributed by atoms with van der Waals surface area (Å²) in [5.41, 5.74) is 0.656. The van der Waals surface area contributed by atoms with Crippen LogP contribution < -0.4 is 0 Å². The Hall–Kier alpha value is 0. The van der Waals surface area contributed by atoms with Crippen LogP contribution in [-0.2, 0) is 0 Å². The SMILES string of the molecule is CCC(CC)C(C)C.CCCC(CC)(CC)CC(C)C.CCCC(CCC)CC(C)C.CCCCC(CC)C(C)C.CCCCC(CCC)C(C)C.CCCCC(CCCC)C(C)C.CCCCCCC(CCCC)CC(C)C. The monoisotopic (exact) mass is 1120 g/mol. The minimum Gasteiger partial charge on any atom is -0.0654 e. The molecule has 0 nitrogen and oxygen atoms in total. The lowest BCUT2D eigenvalue weighted by Crippen LogP contribution is -2.20. The normalized spacial score (nSPS) is 12.6. The maximum absolute atomic E-state index is 2.37. The zero-order valence-corrected chi connectivity index (χ0v) is 62.5. The van der Waals surface area contributed by atoms with Crippen LogP contribution in [0.1, 0.15) is 432 Å². The average Bonchev–Trinajstić information content (AvgIpc) is 3.39. The van der Waals surface area contributed by atoms with E-state index >= 15 is 0 Å². The first kappa shape index (κ1) is 92.7. The predicted octanol–water partition coefficient (Wildman–Crippen LogP) is 30.5. The van der Waals surface area contributed by atoms with Gasteiger partial charge in [-0.05, 0) is 108 Å². The van der Waals surface area contributed by atoms with Crippen LogP contribution in [0, 0.1) is 82.3 Å². The number of hydrogen-bond acceptors (Lipinski definition) is 0. The van der Waals surface area contributed by atoms with Crippen LogP contribution in [0.3, 0.4) is 0 Å². The molecule has 3 unspecified atom stereocenters. The van der Waals surface area contributed by atoms with Gasteiger partial charge in [-0.25, -0.2) is 0 Å². The summed E-state index contributed by atoms with van der Waals surface area (Å²) in [6, 6.07) is 0. The van der Waals surface area contributed by atoms with E-state index in [2.05, 4.69) is 201 Å². The molecule has 0 fully saturated rings. The second-order valence-electron chi connectivity index (χ2n) is 28.7. The number of unbranched alkanes of at least 4 members (excludes halogenated alkanes) is 8. The van der Waals surface area contributed by atoms with Crippen molar-refractivity contribution < 1.29 is 0 Å². The van der Waals surface area contributed by atoms with Crippen molar-refractivity contribution in [2.24, 2.45) is 82.3 Å². The molecule has 0 aliphatic carbocycles. The molecule has 0 rings (SSSR count). The highest BCUT2D eigenvalue weighted by Gasteiger charge is 2.25. The molecule has 0 aliphatic rings. The van der Waals surface area contributed by atoms with Gasteiger partial charge in [-0.2, -0.15) is 0 Å². The van der Waals surface area contributed by atoms with Crippen LogP contribution in [0.25, 0.3) is 0 Å². The molecule has 0 bridgehead atoms. The molecule has 0 radical (unpaired) electrons. The largest absolute Gasteiger partial charge is 0.0654 e. The third-order valence-corrected chi connectivity index (χ3v) is 18.3. The predicted molar refractivity (Wildman–Crippen MR) is 379 cm³/mol. The van der Waals surface area contributed by atoms with E-state index in [-0.39, 0.29) is 0 Å². The summed E-state index contributed by atoms with van der Waals surface area (Å²) in [5.74, 6) is 12.1. The number of rotatable bonds is 43. The minimum absolute atomic E-state index is 0.656. The Morgan fingerprint density at radius 2 is 0.544 bits per heavy atom. The molecule has 0 heteroatoms. The van der Waals surface area contributed by atoms with E-state index in [1.165, 1.54) is 231 Å². The lowest BCUT2D eigenvalue weighted by molar-refractivity contribution is 0.187. The topological polar surface area (TPSA) is 0 Å². The molecular weight excluding hydrogens is 949 g/mol. The van der Waals surface area contributed by atoms with Gasteiger partial charge in [0.15, 0.2) is 0 Å². The van der Waals surface area contributed by atoms with Crippen molar-refractivity contribution in [3.8, 4) is 0 Å². The van der Waals surface area contributed by atoms with Gasteiger partial charge < -0.3 is 0 Å². The smallest absolute Gasteiger partial charge is 0.0300 e. The van der Waals surface area contributed by atoms with Crippen molar-refractivity contribution in [2.75, 3.05) is 0 Å². The van der Waals surface area contributed by atoms with Crippen LogP contribution in [0.4, 0.5) is 0 Å². The Kier molecular flexibility index (Phi) is 82.7. The average molecular weight is 1120 g/mol. The Morgan fingerprint density at radius 3 is 0.797 bits per heavy atom. The first-order valence-corrected chi connectivity index (χ1v) is 37.4. The van der Waals surface area contributed by atoms with Crippen molar-refractivity contribution in [2.45, 2.75) is 432 Å². The van der Waals surface area contributed by atoms with E-state index in [4.69, 9.17) is 0 Å². The molecule has 0 amide bonds. The van der Waals surface area contributed by atoms with E-state index in [0.29, 0.717) is 5.41 Å². The molecule has 0 N–H and O–H groups in total. The summed E-state index contributed by atoms with van der Waals surface area (Å²) in [4.78, 5) is 0. The van der Waals surface area contributed by atoms with Gasteiger partial charge in [-0.1, -0.05) is 406 Å². The van der Waals surface area contributed by atoms with Crippen LogP contribution in [0.5, 0.6) is 0 Å². The van der Waals surface area contributed by atoms with Gasteiger partial charge in [-0.3, -0.25) is 0 Å². The van der Waals surface area contributed by atoms with Crippen LogP contribution in [0.2, 0.25) is 0 Å². The Morgan fingerprint density at radius 1 is 0.241 bits per heavy atom. The van der Waals surface area contributed by atoms with E-state index in [1.807, 2.05) is 0 Å². The first-order chi connectivity index (χ1) is 37.4. The minimum atomic E-state index is 0.656. The standard InChI is InChI=1S/C15H32.2C12H26.2C11H24.C10H22.C8H18/c1-5-7-9-10-12-15(11-8-6-2)13-14(3)4;1-6-9-12(7-2,8-3)10-11(4)5;1-5-7-9-12(11(3)4)10-8-6-2;1-5-7-11(8-6-2)9-10(3)4;1-5-7-9-11(8-6-2)10(3)4;1-5-7-8-10(6-2)9(3)4;1-5-8(6-2)7(3)4/h14-15H,5-13H2,1-4H3;11H,6-10H2,1-5H3;11-12H,5-10H2,1-4H3;2*10-11H,5-9H2,1-4H3;9-10H,5-8H2,1-4H3;7-8H,5-6H2,1-4H3. The highest BCUT2D eigenvalue weighted by Crippen LogP contribution is 2.38. The molecule has 0 aromatic rings. The maximum Gasteiger partial charge on any atom is -0.0300 e. The molecule has 0 aromatic carbocycles. The summed E-state index contributed by atoms with van der Waals surface area (Å²) in [7, 11) is 0. The zero-order valence-electron chi connectivity index (χ0n) is 62.5. The van der Waals surface area contributed by atoms with Crippen molar-refractivity contribution >= 4 is 0 Å². The van der Waals surface area contributed by atoms with Gasteiger partial charge in [0.25, 0.3) is 0 Å². The highest BCUT2D eigenvalue weighted by molar-refractivity contribution is 4.77. The lowest BCUT2D eigenvalue weighted by Gasteiger charge is -2.33. The maximum atomic E-state index is 2.37. The molecule has 0 spiro atoms. The summed E-state index contributed by atoms with van der Waals surface area (Å²) in [5, 5.41) is 0. The van der Waals surface area contributed by atoms with E-state index in [0.717, 1.165) is 76.9 Å². The second kappa shape index (κ2) is 70.5. The Labute approximate surface area is 511 Å². The molecular formula is C79H172. The fourth-order valence-electron chi connectivity index (χ4n) is 12.8. The van der Waals surface area contributed by atoms with Gasteiger partial charge >= 0.3 is 0 Å². The van der Waals surface area contributed by atoms with Gasteiger partial charge in [-0.15, -0.1) is 0 Å². The third-order valence-electron chi connectivity index (χ3n) is 18.3. The zero-order chi connectivity index (χ0) is 62.5. The van der Waals surface area contributed by atoms with Crippen molar-refractivity contribution in [3.05, 3.63) is 0 Å². The second-order valence-corrected chi connectivity index (χ2v) is 28.7. The van der Waals surface area contributed by atoms with Gasteiger partial charge in [0.05, 0.1) is 0 Å². The molecule has 0 heterocycles. The lowest BCUT2D eigenvalue weighted by atomic mass is 9.73. The summed E-state index contributed by atoms with van der Waals surface area (Å²) in [6.07, 6.45) is 50.5. The quantitative estimate of drug-likeness (QED) is 0.0534. The van der Waals surface area contributed by atoms with Crippen LogP contribution in [-0.4, -0.2) is 0 Å². The summed E-state index contributed by atoms with van der Waals surface area (Å²) >= 11 is 0. The Balaban J connectivity index is -0.000000154. The van der Waals surface area contributed by atoms with Crippen LogP contribution in [0.15, 0.2) is 0 Å². The van der Waals surface area contributed by atoms with Gasteiger partial charge in [0.2, 0.25) is 0 Å². The fourth-order valence-corrected chi connectivity index (χ4v) is 12.8. The highest BCUT2D eigenvalue weighted by atomic mass is 14.3. The van der Waals surface area contributed by atoms with E-state index in [1.54, 1.807) is 0 Å². The van der Waals surface area contributed by atoms with E-state index in [9.17, 15) is 0 Å². The van der Waals surface area contributed by atoms with Crippen molar-refractivity contribution in [3.63, 3.8) is 0 Å². The molecule has 79 heavy (non-hydrogen) atoms. The van der Waals surface area contributed by atoms with Gasteiger partial charge in [0.1, 0.15) is 0 Å². The van der Waals surface area contributed by atoms with E-state index < -0.39 is 0 Å². The molecule has 0 saturated heterocycles. The van der Waals surface area contributed by atoms with Crippen LogP contribution >= 0.6 is 0 Å². The Bertz CT molecular complexity index is 989. The molecule has 3 atom stereocenters. The molecule has 0 aromatic heterocycles. The molecule has 0 aliphatic heterocycles. The summed E-state index contributed by atoms with van der Waals surface area (Å²) < 4.78 is 0. The fraction of sp³-hybridized carbons (Fsp3) is 1.00. The third kappa shape index (κ3) is 70.4. The summed E-state index contributed by atoms with van der Waals surface area (Å²) in [6.45, 7) is 67.3.